The van der Waals surface area contributed by atoms with Crippen molar-refractivity contribution in [3.8, 4) is 11.3 Å². The molecule has 0 bridgehead atoms. The van der Waals surface area contributed by atoms with Crippen LogP contribution in [0.25, 0.3) is 11.3 Å². The van der Waals surface area contributed by atoms with Crippen LogP contribution in [-0.4, -0.2) is 30.5 Å². The Morgan fingerprint density at radius 2 is 2.00 bits per heavy atom. The number of nitrogens with zero attached hydrogens (tertiary/aromatic N) is 1. The molecule has 0 saturated heterocycles. The van der Waals surface area contributed by atoms with E-state index in [4.69, 9.17) is 4.74 Å². The molecule has 6 heteroatoms. The van der Waals surface area contributed by atoms with E-state index in [9.17, 15) is 9.59 Å². The van der Waals surface area contributed by atoms with Crippen molar-refractivity contribution >= 4 is 23.2 Å². The number of amides is 1. The molecule has 5 nitrogen and oxygen atoms in total. The van der Waals surface area contributed by atoms with Gasteiger partial charge in [-0.2, -0.15) is 0 Å². The Bertz CT molecular complexity index is 623. The highest BCUT2D eigenvalue weighted by Gasteiger charge is 2.20. The number of carbonyl (C=O) groups is 2. The van der Waals surface area contributed by atoms with Gasteiger partial charge in [-0.05, 0) is 6.92 Å². The number of thiazole rings is 1. The van der Waals surface area contributed by atoms with Gasteiger partial charge in [0.25, 0.3) is 5.91 Å². The van der Waals surface area contributed by atoms with E-state index in [1.165, 1.54) is 18.4 Å². The van der Waals surface area contributed by atoms with Gasteiger partial charge in [0.15, 0.2) is 6.61 Å². The molecule has 0 spiro atoms. The maximum Gasteiger partial charge on any atom is 0.351 e. The van der Waals surface area contributed by atoms with Crippen molar-refractivity contribution in [2.24, 2.45) is 0 Å². The number of carbonyl (C=O) groups excluding carboxylic acids is 2. The Balaban J connectivity index is 2.24. The molecule has 0 radical (unpaired) electrons. The number of rotatable bonds is 4. The number of likely N-dealkylation sites (N-methyl/N-ethyl adjacent to an activating group) is 1. The number of aromatic nitrogens is 1. The lowest BCUT2D eigenvalue weighted by molar-refractivity contribution is -0.123. The fourth-order valence-corrected chi connectivity index (χ4v) is 2.46. The number of hydrogen-bond donors (Lipinski definition) is 1. The minimum Gasteiger partial charge on any atom is -0.451 e. The second-order valence-electron chi connectivity index (χ2n) is 4.03. The molecular formula is C14H14N2O3S. The van der Waals surface area contributed by atoms with Gasteiger partial charge in [-0.15, -0.1) is 11.3 Å². The summed E-state index contributed by atoms with van der Waals surface area (Å²) in [5, 5.41) is 3.17. The Kier molecular flexibility index (Phi) is 4.47. The first-order chi connectivity index (χ1) is 9.61. The lowest BCUT2D eigenvalue weighted by Crippen LogP contribution is -2.25. The standard InChI is InChI=1S/C14H14N2O3S/c1-9-16-12(10-6-4-3-5-7-10)13(20-9)14(18)19-8-11(17)15-2/h3-7H,8H2,1-2H3,(H,15,17). The summed E-state index contributed by atoms with van der Waals surface area (Å²) in [6, 6.07) is 9.41. The van der Waals surface area contributed by atoms with Crippen molar-refractivity contribution in [3.05, 3.63) is 40.2 Å². The zero-order chi connectivity index (χ0) is 14.5. The molecule has 0 atom stereocenters. The molecule has 104 valence electrons. The maximum absolute atomic E-state index is 12.0. The maximum atomic E-state index is 12.0. The van der Waals surface area contributed by atoms with Gasteiger partial charge in [-0.25, -0.2) is 9.78 Å². The van der Waals surface area contributed by atoms with E-state index >= 15 is 0 Å². The largest absolute Gasteiger partial charge is 0.451 e. The highest BCUT2D eigenvalue weighted by atomic mass is 32.1. The SMILES string of the molecule is CNC(=O)COC(=O)c1sc(C)nc1-c1ccccc1. The average molecular weight is 290 g/mol. The number of nitrogens with one attached hydrogen (secondary N) is 1. The average Bonchev–Trinajstić information content (AvgIpc) is 2.87. The number of benzene rings is 1. The van der Waals surface area contributed by atoms with Crippen LogP contribution in [0.4, 0.5) is 0 Å². The molecule has 1 amide bonds. The quantitative estimate of drug-likeness (QED) is 0.875. The van der Waals surface area contributed by atoms with Gasteiger partial charge >= 0.3 is 5.97 Å². The van der Waals surface area contributed by atoms with Crippen LogP contribution < -0.4 is 5.32 Å². The first-order valence-electron chi connectivity index (χ1n) is 6.02. The minimum atomic E-state index is -0.530. The molecule has 0 fully saturated rings. The normalized spacial score (nSPS) is 10.1. The van der Waals surface area contributed by atoms with Crippen LogP contribution >= 0.6 is 11.3 Å². The fraction of sp³-hybridized carbons (Fsp3) is 0.214. The number of hydrogen-bond acceptors (Lipinski definition) is 5. The van der Waals surface area contributed by atoms with Crippen molar-refractivity contribution in [1.82, 2.24) is 10.3 Å². The molecule has 1 heterocycles. The number of aryl methyl sites for hydroxylation is 1. The Morgan fingerprint density at radius 3 is 2.65 bits per heavy atom. The van der Waals surface area contributed by atoms with Gasteiger partial charge in [0, 0.05) is 12.6 Å². The van der Waals surface area contributed by atoms with E-state index in [0.717, 1.165) is 10.6 Å². The predicted molar refractivity (Wildman–Crippen MR) is 76.6 cm³/mol. The summed E-state index contributed by atoms with van der Waals surface area (Å²) in [5.41, 5.74) is 1.44. The van der Waals surface area contributed by atoms with E-state index in [-0.39, 0.29) is 12.5 Å². The van der Waals surface area contributed by atoms with Gasteiger partial charge in [0.1, 0.15) is 4.88 Å². The highest BCUT2D eigenvalue weighted by molar-refractivity contribution is 7.14. The van der Waals surface area contributed by atoms with E-state index in [0.29, 0.717) is 10.6 Å². The molecule has 20 heavy (non-hydrogen) atoms. The van der Waals surface area contributed by atoms with Gasteiger partial charge in [-0.1, -0.05) is 30.3 Å². The Labute approximate surface area is 120 Å². The monoisotopic (exact) mass is 290 g/mol. The molecule has 0 aliphatic rings. The Morgan fingerprint density at radius 1 is 1.30 bits per heavy atom. The van der Waals surface area contributed by atoms with Gasteiger partial charge < -0.3 is 10.1 Å². The minimum absolute atomic E-state index is 0.291. The summed E-state index contributed by atoms with van der Waals surface area (Å²) in [6.45, 7) is 1.53. The van der Waals surface area contributed by atoms with Gasteiger partial charge in [-0.3, -0.25) is 4.79 Å². The second-order valence-corrected chi connectivity index (χ2v) is 5.23. The van der Waals surface area contributed by atoms with Crippen LogP contribution in [0, 0.1) is 6.92 Å². The van der Waals surface area contributed by atoms with Crippen molar-refractivity contribution < 1.29 is 14.3 Å². The molecule has 0 aliphatic heterocycles. The third-order valence-electron chi connectivity index (χ3n) is 2.58. The predicted octanol–water partition coefficient (Wildman–Crippen LogP) is 2.02. The van der Waals surface area contributed by atoms with Crippen LogP contribution in [0.5, 0.6) is 0 Å². The summed E-state index contributed by atoms with van der Waals surface area (Å²) < 4.78 is 4.98. The van der Waals surface area contributed by atoms with Crippen molar-refractivity contribution in [2.75, 3.05) is 13.7 Å². The van der Waals surface area contributed by atoms with Crippen molar-refractivity contribution in [2.45, 2.75) is 6.92 Å². The number of esters is 1. The van der Waals surface area contributed by atoms with Gasteiger partial charge in [0.2, 0.25) is 0 Å². The number of ether oxygens (including phenoxy) is 1. The van der Waals surface area contributed by atoms with E-state index in [1.807, 2.05) is 37.3 Å². The molecule has 0 saturated carbocycles. The zero-order valence-corrected chi connectivity index (χ0v) is 12.0. The zero-order valence-electron chi connectivity index (χ0n) is 11.2. The lowest BCUT2D eigenvalue weighted by atomic mass is 10.1. The molecule has 1 aromatic heterocycles. The van der Waals surface area contributed by atoms with E-state index in [1.54, 1.807) is 0 Å². The molecule has 2 aromatic rings. The first-order valence-corrected chi connectivity index (χ1v) is 6.84. The summed E-state index contributed by atoms with van der Waals surface area (Å²) >= 11 is 1.26. The summed E-state index contributed by atoms with van der Waals surface area (Å²) in [5.74, 6) is -0.876. The summed E-state index contributed by atoms with van der Waals surface area (Å²) in [4.78, 5) is 27.9. The fourth-order valence-electron chi connectivity index (χ4n) is 1.63. The van der Waals surface area contributed by atoms with Gasteiger partial charge in [0.05, 0.1) is 10.7 Å². The summed E-state index contributed by atoms with van der Waals surface area (Å²) in [6.07, 6.45) is 0. The van der Waals surface area contributed by atoms with E-state index < -0.39 is 5.97 Å². The van der Waals surface area contributed by atoms with Crippen molar-refractivity contribution in [3.63, 3.8) is 0 Å². The van der Waals surface area contributed by atoms with Crippen LogP contribution in [0.2, 0.25) is 0 Å². The van der Waals surface area contributed by atoms with E-state index in [2.05, 4.69) is 10.3 Å². The molecular weight excluding hydrogens is 276 g/mol. The topological polar surface area (TPSA) is 68.3 Å². The molecule has 0 aliphatic carbocycles. The highest BCUT2D eigenvalue weighted by Crippen LogP contribution is 2.28. The van der Waals surface area contributed by atoms with Crippen LogP contribution in [-0.2, 0) is 9.53 Å². The van der Waals surface area contributed by atoms with Crippen LogP contribution in [0.1, 0.15) is 14.7 Å². The first kappa shape index (κ1) is 14.2. The third-order valence-corrected chi connectivity index (χ3v) is 3.53. The second kappa shape index (κ2) is 6.29. The van der Waals surface area contributed by atoms with Crippen LogP contribution in [0.3, 0.4) is 0 Å². The van der Waals surface area contributed by atoms with Crippen molar-refractivity contribution in [1.29, 1.82) is 0 Å². The third kappa shape index (κ3) is 3.21. The van der Waals surface area contributed by atoms with Crippen LogP contribution in [0.15, 0.2) is 30.3 Å². The molecule has 0 unspecified atom stereocenters. The Hall–Kier alpha value is -2.21. The smallest absolute Gasteiger partial charge is 0.351 e. The molecule has 2 rings (SSSR count). The lowest BCUT2D eigenvalue weighted by Gasteiger charge is -2.04. The molecule has 1 aromatic carbocycles. The summed E-state index contributed by atoms with van der Waals surface area (Å²) in [7, 11) is 1.49. The molecule has 1 N–H and O–H groups in total.